The number of carboxylic acid groups (broad SMARTS) is 1. The topological polar surface area (TPSA) is 88.2 Å². The first-order valence-electron chi connectivity index (χ1n) is 6.79. The summed E-state index contributed by atoms with van der Waals surface area (Å²) in [5.74, 6) is -0.583. The zero-order chi connectivity index (χ0) is 13.9. The summed E-state index contributed by atoms with van der Waals surface area (Å²) in [6, 6.07) is 1.45. The van der Waals surface area contributed by atoms with Gasteiger partial charge in [0, 0.05) is 6.54 Å². The second-order valence-corrected chi connectivity index (χ2v) is 5.38. The lowest BCUT2D eigenvalue weighted by Gasteiger charge is -2.28. The summed E-state index contributed by atoms with van der Waals surface area (Å²) in [5, 5.41) is 12.4. The van der Waals surface area contributed by atoms with Gasteiger partial charge in [0.05, 0.1) is 11.9 Å². The molecule has 0 radical (unpaired) electrons. The molecule has 1 aromatic heterocycles. The molecule has 104 valence electrons. The molecule has 0 bridgehead atoms. The molecule has 2 rings (SSSR count). The number of nitrogens with zero attached hydrogens (tertiary/aromatic N) is 1. The van der Waals surface area contributed by atoms with Gasteiger partial charge in [-0.25, -0.2) is 9.78 Å². The molecular formula is C14H21N3O2. The average molecular weight is 263 g/mol. The molecule has 1 fully saturated rings. The smallest absolute Gasteiger partial charge is 0.339 e. The molecule has 19 heavy (non-hydrogen) atoms. The van der Waals surface area contributed by atoms with E-state index in [4.69, 9.17) is 10.8 Å². The molecule has 1 aliphatic rings. The van der Waals surface area contributed by atoms with Crippen molar-refractivity contribution in [3.8, 4) is 0 Å². The van der Waals surface area contributed by atoms with E-state index in [0.29, 0.717) is 16.9 Å². The van der Waals surface area contributed by atoms with Gasteiger partial charge in [0.2, 0.25) is 0 Å². The highest BCUT2D eigenvalue weighted by atomic mass is 16.4. The van der Waals surface area contributed by atoms with Crippen LogP contribution in [-0.4, -0.2) is 22.6 Å². The molecule has 5 heteroatoms. The molecular weight excluding hydrogens is 242 g/mol. The Kier molecular flexibility index (Phi) is 3.93. The maximum Gasteiger partial charge on any atom is 0.339 e. The summed E-state index contributed by atoms with van der Waals surface area (Å²) in [6.07, 6.45) is 7.52. The zero-order valence-corrected chi connectivity index (χ0v) is 11.3. The zero-order valence-electron chi connectivity index (χ0n) is 11.3. The Morgan fingerprint density at radius 1 is 1.53 bits per heavy atom. The molecule has 0 amide bonds. The highest BCUT2D eigenvalue weighted by molar-refractivity contribution is 5.94. The molecule has 0 atom stereocenters. The molecule has 1 aromatic rings. The first kappa shape index (κ1) is 13.6. The lowest BCUT2D eigenvalue weighted by Crippen LogP contribution is -2.27. The van der Waals surface area contributed by atoms with Crippen LogP contribution in [0, 0.1) is 5.41 Å². The normalized spacial score (nSPS) is 17.3. The summed E-state index contributed by atoms with van der Waals surface area (Å²) in [4.78, 5) is 15.3. The summed E-state index contributed by atoms with van der Waals surface area (Å²) >= 11 is 0. The van der Waals surface area contributed by atoms with Gasteiger partial charge in [-0.2, -0.15) is 0 Å². The van der Waals surface area contributed by atoms with E-state index in [1.54, 1.807) is 0 Å². The number of nitrogen functional groups attached to an aromatic ring is 1. The van der Waals surface area contributed by atoms with E-state index in [1.807, 2.05) is 0 Å². The number of hydrogen-bond donors (Lipinski definition) is 3. The van der Waals surface area contributed by atoms with Crippen molar-refractivity contribution >= 4 is 17.5 Å². The fraction of sp³-hybridized carbons (Fsp3) is 0.571. The van der Waals surface area contributed by atoms with Gasteiger partial charge in [-0.15, -0.1) is 0 Å². The van der Waals surface area contributed by atoms with E-state index in [2.05, 4.69) is 17.2 Å². The predicted molar refractivity (Wildman–Crippen MR) is 75.3 cm³/mol. The average Bonchev–Trinajstić information content (AvgIpc) is 2.86. The predicted octanol–water partition coefficient (Wildman–Crippen LogP) is 2.74. The summed E-state index contributed by atoms with van der Waals surface area (Å²) in [5.41, 5.74) is 6.38. The van der Waals surface area contributed by atoms with Crippen molar-refractivity contribution < 1.29 is 9.90 Å². The van der Waals surface area contributed by atoms with Crippen LogP contribution in [0.1, 0.15) is 49.4 Å². The molecule has 1 heterocycles. The third-order valence-electron chi connectivity index (χ3n) is 4.18. The van der Waals surface area contributed by atoms with Gasteiger partial charge < -0.3 is 16.2 Å². The van der Waals surface area contributed by atoms with E-state index < -0.39 is 5.97 Å². The number of aromatic carboxylic acids is 1. The van der Waals surface area contributed by atoms with Crippen LogP contribution in [0.2, 0.25) is 0 Å². The largest absolute Gasteiger partial charge is 0.478 e. The van der Waals surface area contributed by atoms with Crippen molar-refractivity contribution in [3.63, 3.8) is 0 Å². The van der Waals surface area contributed by atoms with Crippen molar-refractivity contribution in [2.24, 2.45) is 5.41 Å². The Morgan fingerprint density at radius 3 is 2.79 bits per heavy atom. The van der Waals surface area contributed by atoms with Gasteiger partial charge in [-0.1, -0.05) is 19.8 Å². The third-order valence-corrected chi connectivity index (χ3v) is 4.18. The Balaban J connectivity index is 2.13. The van der Waals surface area contributed by atoms with Crippen molar-refractivity contribution in [1.82, 2.24) is 4.98 Å². The fourth-order valence-electron chi connectivity index (χ4n) is 2.84. The number of carbonyl (C=O) groups is 1. The number of anilines is 2. The van der Waals surface area contributed by atoms with Crippen molar-refractivity contribution in [3.05, 3.63) is 17.8 Å². The summed E-state index contributed by atoms with van der Waals surface area (Å²) in [6.45, 7) is 2.97. The first-order chi connectivity index (χ1) is 9.06. The van der Waals surface area contributed by atoms with Crippen LogP contribution in [0.3, 0.4) is 0 Å². The fourth-order valence-corrected chi connectivity index (χ4v) is 2.84. The molecule has 0 aromatic carbocycles. The van der Waals surface area contributed by atoms with Crippen LogP contribution in [-0.2, 0) is 0 Å². The van der Waals surface area contributed by atoms with Gasteiger partial charge in [0.15, 0.2) is 0 Å². The van der Waals surface area contributed by atoms with Crippen molar-refractivity contribution in [1.29, 1.82) is 0 Å². The van der Waals surface area contributed by atoms with Crippen LogP contribution in [0.4, 0.5) is 11.5 Å². The SMILES string of the molecule is CCC1(CNc2ncc(N)cc2C(=O)O)CCCC1. The molecule has 0 aliphatic heterocycles. The number of nitrogens with one attached hydrogen (secondary N) is 1. The minimum absolute atomic E-state index is 0.143. The quantitative estimate of drug-likeness (QED) is 0.760. The van der Waals surface area contributed by atoms with E-state index in [-0.39, 0.29) is 5.56 Å². The third kappa shape index (κ3) is 2.97. The number of aromatic nitrogens is 1. The molecule has 0 unspecified atom stereocenters. The maximum absolute atomic E-state index is 11.2. The summed E-state index contributed by atoms with van der Waals surface area (Å²) in [7, 11) is 0. The minimum Gasteiger partial charge on any atom is -0.478 e. The van der Waals surface area contributed by atoms with Gasteiger partial charge in [-0.05, 0) is 30.7 Å². The molecule has 1 saturated carbocycles. The number of rotatable bonds is 5. The second kappa shape index (κ2) is 5.47. The Morgan fingerprint density at radius 2 is 2.21 bits per heavy atom. The molecule has 5 nitrogen and oxygen atoms in total. The number of hydrogen-bond acceptors (Lipinski definition) is 4. The lowest BCUT2D eigenvalue weighted by atomic mass is 9.83. The maximum atomic E-state index is 11.2. The number of carboxylic acids is 1. The van der Waals surface area contributed by atoms with E-state index >= 15 is 0 Å². The van der Waals surface area contributed by atoms with Crippen LogP contribution < -0.4 is 11.1 Å². The van der Waals surface area contributed by atoms with Gasteiger partial charge in [-0.3, -0.25) is 0 Å². The van der Waals surface area contributed by atoms with Gasteiger partial charge >= 0.3 is 5.97 Å². The van der Waals surface area contributed by atoms with Crippen molar-refractivity contribution in [2.45, 2.75) is 39.0 Å². The molecule has 0 spiro atoms. The number of nitrogens with two attached hydrogens (primary N) is 1. The highest BCUT2D eigenvalue weighted by Gasteiger charge is 2.32. The van der Waals surface area contributed by atoms with Gasteiger partial charge in [0.25, 0.3) is 0 Å². The lowest BCUT2D eigenvalue weighted by molar-refractivity contribution is 0.0697. The Labute approximate surface area is 113 Å². The van der Waals surface area contributed by atoms with Crippen molar-refractivity contribution in [2.75, 3.05) is 17.6 Å². The van der Waals surface area contributed by atoms with Gasteiger partial charge in [0.1, 0.15) is 11.4 Å². The van der Waals surface area contributed by atoms with E-state index in [1.165, 1.54) is 37.9 Å². The van der Waals surface area contributed by atoms with Crippen LogP contribution >= 0.6 is 0 Å². The Hall–Kier alpha value is -1.78. The first-order valence-corrected chi connectivity index (χ1v) is 6.79. The number of pyridine rings is 1. The second-order valence-electron chi connectivity index (χ2n) is 5.38. The van der Waals surface area contributed by atoms with Crippen LogP contribution in [0.25, 0.3) is 0 Å². The molecule has 1 aliphatic carbocycles. The molecule has 0 saturated heterocycles. The van der Waals surface area contributed by atoms with E-state index in [0.717, 1.165) is 13.0 Å². The van der Waals surface area contributed by atoms with Crippen LogP contribution in [0.15, 0.2) is 12.3 Å². The highest BCUT2D eigenvalue weighted by Crippen LogP contribution is 2.41. The summed E-state index contributed by atoms with van der Waals surface area (Å²) < 4.78 is 0. The van der Waals surface area contributed by atoms with E-state index in [9.17, 15) is 4.79 Å². The monoisotopic (exact) mass is 263 g/mol. The minimum atomic E-state index is -1.00. The molecule has 4 N–H and O–H groups in total. The Bertz CT molecular complexity index is 468. The standard InChI is InChI=1S/C14H21N3O2/c1-2-14(5-3-4-6-14)9-17-12-11(13(18)19)7-10(15)8-16-12/h7-8H,2-6,9,15H2,1H3,(H,16,17)(H,18,19). The van der Waals surface area contributed by atoms with Crippen LogP contribution in [0.5, 0.6) is 0 Å².